The molecule has 6 heteroatoms. The van der Waals surface area contributed by atoms with Crippen LogP contribution in [0.4, 0.5) is 4.79 Å². The van der Waals surface area contributed by atoms with Crippen molar-refractivity contribution in [3.8, 4) is 0 Å². The molecule has 0 aliphatic rings. The van der Waals surface area contributed by atoms with Gasteiger partial charge in [0.15, 0.2) is 0 Å². The second-order valence-electron chi connectivity index (χ2n) is 7.60. The van der Waals surface area contributed by atoms with E-state index in [4.69, 9.17) is 9.47 Å². The summed E-state index contributed by atoms with van der Waals surface area (Å²) in [6, 6.07) is -0.385. The standard InChI is InChI=1S/C16H32N2O4/c1-11(2)9-12(13(19)21-8)17-10-16(6,7)18-14(20)22-15(3,4)5/h11-12,17H,9-10H2,1-8H3,(H,18,20)/t12-/m0/s1. The topological polar surface area (TPSA) is 76.7 Å². The Balaban J connectivity index is 4.55. The van der Waals surface area contributed by atoms with Gasteiger partial charge in [-0.1, -0.05) is 13.8 Å². The van der Waals surface area contributed by atoms with Crippen LogP contribution in [0.3, 0.4) is 0 Å². The summed E-state index contributed by atoms with van der Waals surface area (Å²) in [4.78, 5) is 23.6. The summed E-state index contributed by atoms with van der Waals surface area (Å²) >= 11 is 0. The van der Waals surface area contributed by atoms with Crippen LogP contribution in [-0.2, 0) is 14.3 Å². The van der Waals surface area contributed by atoms with Crippen LogP contribution in [0.25, 0.3) is 0 Å². The summed E-state index contributed by atoms with van der Waals surface area (Å²) in [5.41, 5.74) is -1.09. The first-order chi connectivity index (χ1) is 9.86. The molecule has 0 aliphatic carbocycles. The van der Waals surface area contributed by atoms with Gasteiger partial charge < -0.3 is 20.1 Å². The smallest absolute Gasteiger partial charge is 0.408 e. The van der Waals surface area contributed by atoms with Crippen LogP contribution in [0.2, 0.25) is 0 Å². The monoisotopic (exact) mass is 316 g/mol. The molecule has 0 radical (unpaired) electrons. The van der Waals surface area contributed by atoms with Gasteiger partial charge in [-0.25, -0.2) is 4.79 Å². The van der Waals surface area contributed by atoms with Gasteiger partial charge >= 0.3 is 12.1 Å². The Hall–Kier alpha value is -1.30. The zero-order valence-corrected chi connectivity index (χ0v) is 15.2. The molecule has 130 valence electrons. The maximum Gasteiger partial charge on any atom is 0.408 e. The predicted octanol–water partition coefficient (Wildman–Crippen LogP) is 2.47. The second kappa shape index (κ2) is 8.36. The first-order valence-corrected chi connectivity index (χ1v) is 7.68. The molecule has 0 saturated carbocycles. The first kappa shape index (κ1) is 20.7. The highest BCUT2D eigenvalue weighted by molar-refractivity contribution is 5.75. The number of nitrogens with one attached hydrogen (secondary N) is 2. The molecule has 0 fully saturated rings. The number of hydrogen-bond acceptors (Lipinski definition) is 5. The minimum Gasteiger partial charge on any atom is -0.468 e. The zero-order chi connectivity index (χ0) is 17.6. The third-order valence-corrected chi connectivity index (χ3v) is 2.82. The van der Waals surface area contributed by atoms with Crippen molar-refractivity contribution in [2.24, 2.45) is 5.92 Å². The van der Waals surface area contributed by atoms with Crippen LogP contribution in [0.5, 0.6) is 0 Å². The molecule has 6 nitrogen and oxygen atoms in total. The van der Waals surface area contributed by atoms with Crippen LogP contribution >= 0.6 is 0 Å². The van der Waals surface area contributed by atoms with Crippen molar-refractivity contribution in [1.82, 2.24) is 10.6 Å². The van der Waals surface area contributed by atoms with Gasteiger partial charge in [0.1, 0.15) is 11.6 Å². The van der Waals surface area contributed by atoms with E-state index in [1.165, 1.54) is 7.11 Å². The van der Waals surface area contributed by atoms with E-state index in [0.29, 0.717) is 18.9 Å². The van der Waals surface area contributed by atoms with Crippen molar-refractivity contribution in [2.45, 2.75) is 72.1 Å². The van der Waals surface area contributed by atoms with Crippen LogP contribution in [0.15, 0.2) is 0 Å². The molecule has 0 aliphatic heterocycles. The van der Waals surface area contributed by atoms with Crippen LogP contribution < -0.4 is 10.6 Å². The summed E-state index contributed by atoms with van der Waals surface area (Å²) in [7, 11) is 1.38. The Labute approximate surface area is 134 Å². The molecular formula is C16H32N2O4. The molecule has 0 unspecified atom stereocenters. The van der Waals surface area contributed by atoms with Gasteiger partial charge in [-0.3, -0.25) is 4.79 Å². The minimum absolute atomic E-state index is 0.290. The van der Waals surface area contributed by atoms with E-state index in [-0.39, 0.29) is 12.0 Å². The fraction of sp³-hybridized carbons (Fsp3) is 0.875. The van der Waals surface area contributed by atoms with Crippen molar-refractivity contribution < 1.29 is 19.1 Å². The van der Waals surface area contributed by atoms with Crippen molar-refractivity contribution >= 4 is 12.1 Å². The number of carbonyl (C=O) groups excluding carboxylic acids is 2. The largest absolute Gasteiger partial charge is 0.468 e. The average Bonchev–Trinajstić information content (AvgIpc) is 2.29. The Morgan fingerprint density at radius 1 is 1.09 bits per heavy atom. The summed E-state index contributed by atoms with van der Waals surface area (Å²) in [5, 5.41) is 5.97. The number of alkyl carbamates (subject to hydrolysis) is 1. The highest BCUT2D eigenvalue weighted by atomic mass is 16.6. The molecule has 22 heavy (non-hydrogen) atoms. The van der Waals surface area contributed by atoms with E-state index in [2.05, 4.69) is 10.6 Å². The molecule has 0 spiro atoms. The Kier molecular flexibility index (Phi) is 7.87. The summed E-state index contributed by atoms with van der Waals surface area (Å²) < 4.78 is 10.1. The van der Waals surface area contributed by atoms with Crippen molar-refractivity contribution in [3.63, 3.8) is 0 Å². The third-order valence-electron chi connectivity index (χ3n) is 2.82. The lowest BCUT2D eigenvalue weighted by molar-refractivity contribution is -0.143. The highest BCUT2D eigenvalue weighted by Gasteiger charge is 2.27. The number of amides is 1. The van der Waals surface area contributed by atoms with E-state index in [1.54, 1.807) is 0 Å². The van der Waals surface area contributed by atoms with Gasteiger partial charge in [0.25, 0.3) is 0 Å². The van der Waals surface area contributed by atoms with E-state index in [0.717, 1.165) is 0 Å². The predicted molar refractivity (Wildman–Crippen MR) is 86.7 cm³/mol. The maximum atomic E-state index is 11.8. The molecule has 2 N–H and O–H groups in total. The molecule has 1 atom stereocenters. The fourth-order valence-corrected chi connectivity index (χ4v) is 1.88. The molecule has 0 saturated heterocycles. The van der Waals surface area contributed by atoms with Crippen LogP contribution in [0, 0.1) is 5.92 Å². The molecule has 0 aromatic carbocycles. The molecular weight excluding hydrogens is 284 g/mol. The number of esters is 1. The Morgan fingerprint density at radius 3 is 2.05 bits per heavy atom. The SMILES string of the molecule is COC(=O)[C@H](CC(C)C)NCC(C)(C)NC(=O)OC(C)(C)C. The molecule has 0 aromatic rings. The Bertz CT molecular complexity index is 373. The minimum atomic E-state index is -0.550. The Morgan fingerprint density at radius 2 is 1.64 bits per heavy atom. The average molecular weight is 316 g/mol. The number of carbonyl (C=O) groups is 2. The van der Waals surface area contributed by atoms with Gasteiger partial charge in [-0.2, -0.15) is 0 Å². The lowest BCUT2D eigenvalue weighted by Gasteiger charge is -2.30. The summed E-state index contributed by atoms with van der Waals surface area (Å²) in [6.07, 6.45) is 0.202. The summed E-state index contributed by atoms with van der Waals surface area (Å²) in [5.74, 6) is 0.0697. The van der Waals surface area contributed by atoms with Crippen molar-refractivity contribution in [1.29, 1.82) is 0 Å². The second-order valence-corrected chi connectivity index (χ2v) is 7.60. The van der Waals surface area contributed by atoms with Crippen molar-refractivity contribution in [2.75, 3.05) is 13.7 Å². The number of methoxy groups -OCH3 is 1. The van der Waals surface area contributed by atoms with Crippen LogP contribution in [-0.4, -0.2) is 42.9 Å². The number of ether oxygens (including phenoxy) is 2. The van der Waals surface area contributed by atoms with E-state index < -0.39 is 17.2 Å². The van der Waals surface area contributed by atoms with Gasteiger partial charge in [0.05, 0.1) is 12.6 Å². The van der Waals surface area contributed by atoms with E-state index in [1.807, 2.05) is 48.5 Å². The molecule has 0 bridgehead atoms. The van der Waals surface area contributed by atoms with Gasteiger partial charge in [0, 0.05) is 6.54 Å². The first-order valence-electron chi connectivity index (χ1n) is 7.68. The molecule has 0 heterocycles. The van der Waals surface area contributed by atoms with Gasteiger partial charge in [-0.05, 0) is 47.0 Å². The lowest BCUT2D eigenvalue weighted by Crippen LogP contribution is -2.54. The normalized spacial score (nSPS) is 13.7. The van der Waals surface area contributed by atoms with E-state index >= 15 is 0 Å². The highest BCUT2D eigenvalue weighted by Crippen LogP contribution is 2.11. The fourth-order valence-electron chi connectivity index (χ4n) is 1.88. The van der Waals surface area contributed by atoms with Gasteiger partial charge in [-0.15, -0.1) is 0 Å². The van der Waals surface area contributed by atoms with Crippen molar-refractivity contribution in [3.05, 3.63) is 0 Å². The molecule has 0 rings (SSSR count). The molecule has 0 aromatic heterocycles. The lowest BCUT2D eigenvalue weighted by atomic mass is 10.0. The number of rotatable bonds is 7. The number of hydrogen-bond donors (Lipinski definition) is 2. The molecule has 1 amide bonds. The third kappa shape index (κ3) is 9.60. The quantitative estimate of drug-likeness (QED) is 0.706. The summed E-state index contributed by atoms with van der Waals surface area (Å²) in [6.45, 7) is 13.7. The zero-order valence-electron chi connectivity index (χ0n) is 15.2. The van der Waals surface area contributed by atoms with Crippen LogP contribution in [0.1, 0.15) is 54.9 Å². The van der Waals surface area contributed by atoms with E-state index in [9.17, 15) is 9.59 Å². The maximum absolute atomic E-state index is 11.8. The van der Waals surface area contributed by atoms with Gasteiger partial charge in [0.2, 0.25) is 0 Å².